The van der Waals surface area contributed by atoms with E-state index in [9.17, 15) is 0 Å². The van der Waals surface area contributed by atoms with Crippen molar-refractivity contribution in [3.8, 4) is 0 Å². The molecule has 4 aliphatic carbocycles. The Balaban J connectivity index is 1.66. The molecular weight excluding hydrogens is 216 g/mol. The summed E-state index contributed by atoms with van der Waals surface area (Å²) in [6, 6.07) is 0. The molecule has 0 radical (unpaired) electrons. The van der Waals surface area contributed by atoms with Crippen molar-refractivity contribution in [1.29, 1.82) is 0 Å². The molecule has 0 N–H and O–H groups in total. The lowest BCUT2D eigenvalue weighted by atomic mass is 9.54. The van der Waals surface area contributed by atoms with Crippen molar-refractivity contribution in [2.45, 2.75) is 77.6 Å². The van der Waals surface area contributed by atoms with Gasteiger partial charge in [0.2, 0.25) is 0 Å². The number of fused-ring (bicyclic) bond motifs is 4. The summed E-state index contributed by atoms with van der Waals surface area (Å²) < 4.78 is 0. The lowest BCUT2D eigenvalue weighted by molar-refractivity contribution is 0.0411. The van der Waals surface area contributed by atoms with E-state index in [1.807, 2.05) is 11.1 Å². The fraction of sp³-hybridized carbons (Fsp3) is 0.889. The van der Waals surface area contributed by atoms with Crippen LogP contribution in [0.2, 0.25) is 0 Å². The van der Waals surface area contributed by atoms with Crippen molar-refractivity contribution in [3.05, 3.63) is 11.1 Å². The minimum absolute atomic E-state index is 0.744. The Morgan fingerprint density at radius 1 is 0.889 bits per heavy atom. The highest BCUT2D eigenvalue weighted by atomic mass is 14.5. The second-order valence-corrected chi connectivity index (χ2v) is 7.84. The van der Waals surface area contributed by atoms with E-state index >= 15 is 0 Å². The van der Waals surface area contributed by atoms with Crippen LogP contribution in [-0.4, -0.2) is 0 Å². The third-order valence-electron chi connectivity index (χ3n) is 7.07. The average Bonchev–Trinajstić information content (AvgIpc) is 2.80. The fourth-order valence-electron chi connectivity index (χ4n) is 6.18. The summed E-state index contributed by atoms with van der Waals surface area (Å²) in [4.78, 5) is 0. The number of rotatable bonds is 0. The van der Waals surface area contributed by atoms with Crippen molar-refractivity contribution in [2.75, 3.05) is 0 Å². The fourth-order valence-corrected chi connectivity index (χ4v) is 6.18. The van der Waals surface area contributed by atoms with E-state index in [0.717, 1.165) is 23.2 Å². The van der Waals surface area contributed by atoms with E-state index < -0.39 is 0 Å². The van der Waals surface area contributed by atoms with Gasteiger partial charge in [-0.15, -0.1) is 0 Å². The molecule has 18 heavy (non-hydrogen) atoms. The molecule has 0 aliphatic heterocycles. The summed E-state index contributed by atoms with van der Waals surface area (Å²) in [6.45, 7) is 2.62. The van der Waals surface area contributed by atoms with Crippen LogP contribution in [0.25, 0.3) is 0 Å². The van der Waals surface area contributed by atoms with Crippen LogP contribution in [-0.2, 0) is 0 Å². The first-order valence-corrected chi connectivity index (χ1v) is 8.49. The molecule has 4 atom stereocenters. The first-order valence-electron chi connectivity index (χ1n) is 8.49. The van der Waals surface area contributed by atoms with Crippen molar-refractivity contribution < 1.29 is 0 Å². The molecule has 0 aromatic carbocycles. The van der Waals surface area contributed by atoms with Crippen LogP contribution in [0.1, 0.15) is 77.6 Å². The smallest absolute Gasteiger partial charge is 0.0169 e. The van der Waals surface area contributed by atoms with Gasteiger partial charge in [-0.1, -0.05) is 24.5 Å². The second kappa shape index (κ2) is 4.12. The number of hydrogen-bond donors (Lipinski definition) is 0. The van der Waals surface area contributed by atoms with Gasteiger partial charge in [0.05, 0.1) is 0 Å². The van der Waals surface area contributed by atoms with E-state index in [-0.39, 0.29) is 0 Å². The van der Waals surface area contributed by atoms with Crippen LogP contribution in [0.5, 0.6) is 0 Å². The zero-order valence-corrected chi connectivity index (χ0v) is 12.0. The standard InChI is InChI=1S/C18H28/c1-18-11-4-7-17(18)16-9-8-13-5-2-3-6-14(13)15(16)10-12-18/h15-17H,2-12H2,1H3. The topological polar surface area (TPSA) is 0 Å². The summed E-state index contributed by atoms with van der Waals surface area (Å²) in [5, 5.41) is 0. The summed E-state index contributed by atoms with van der Waals surface area (Å²) in [7, 11) is 0. The van der Waals surface area contributed by atoms with Crippen molar-refractivity contribution >= 4 is 0 Å². The van der Waals surface area contributed by atoms with E-state index in [1.54, 1.807) is 12.8 Å². The highest BCUT2D eigenvalue weighted by Gasteiger charge is 2.50. The lowest BCUT2D eigenvalue weighted by Crippen LogP contribution is -2.41. The van der Waals surface area contributed by atoms with Gasteiger partial charge in [0.15, 0.2) is 0 Å². The molecule has 0 heterocycles. The Kier molecular flexibility index (Phi) is 2.64. The highest BCUT2D eigenvalue weighted by molar-refractivity contribution is 5.25. The molecule has 4 unspecified atom stereocenters. The molecule has 0 heteroatoms. The van der Waals surface area contributed by atoms with Gasteiger partial charge in [0.25, 0.3) is 0 Å². The normalized spacial score (nSPS) is 47.5. The predicted octanol–water partition coefficient (Wildman–Crippen LogP) is 5.48. The second-order valence-electron chi connectivity index (χ2n) is 7.84. The molecule has 0 amide bonds. The van der Waals surface area contributed by atoms with E-state index in [2.05, 4.69) is 6.92 Å². The van der Waals surface area contributed by atoms with Gasteiger partial charge in [0, 0.05) is 0 Å². The molecule has 0 aromatic rings. The first-order chi connectivity index (χ1) is 8.78. The minimum atomic E-state index is 0.744. The first kappa shape index (κ1) is 11.6. The summed E-state index contributed by atoms with van der Waals surface area (Å²) in [6.07, 6.45) is 16.6. The largest absolute Gasteiger partial charge is 0.0707 e. The summed E-state index contributed by atoms with van der Waals surface area (Å²) in [5.74, 6) is 3.21. The molecule has 0 saturated heterocycles. The third-order valence-corrected chi connectivity index (χ3v) is 7.07. The maximum absolute atomic E-state index is 2.62. The van der Waals surface area contributed by atoms with E-state index in [1.165, 1.54) is 57.8 Å². The van der Waals surface area contributed by atoms with Gasteiger partial charge in [0.1, 0.15) is 0 Å². The SMILES string of the molecule is CC12CCCC1C1CCC3=C(CCCC3)C1CC2. The van der Waals surface area contributed by atoms with Crippen LogP contribution < -0.4 is 0 Å². The molecule has 0 spiro atoms. The van der Waals surface area contributed by atoms with Gasteiger partial charge in [-0.2, -0.15) is 0 Å². The molecular formula is C18H28. The predicted molar refractivity (Wildman–Crippen MR) is 76.4 cm³/mol. The maximum atomic E-state index is 2.62. The molecule has 0 nitrogen and oxygen atoms in total. The Bertz CT molecular complexity index is 377. The van der Waals surface area contributed by atoms with Crippen molar-refractivity contribution in [3.63, 3.8) is 0 Å². The van der Waals surface area contributed by atoms with Gasteiger partial charge in [-0.05, 0) is 87.4 Å². The molecule has 0 aromatic heterocycles. The van der Waals surface area contributed by atoms with Crippen LogP contribution in [0.15, 0.2) is 11.1 Å². The zero-order chi connectivity index (χ0) is 12.2. The van der Waals surface area contributed by atoms with Crippen LogP contribution >= 0.6 is 0 Å². The Morgan fingerprint density at radius 3 is 2.72 bits per heavy atom. The van der Waals surface area contributed by atoms with Crippen LogP contribution in [0.3, 0.4) is 0 Å². The molecule has 4 aliphatic rings. The molecule has 4 rings (SSSR count). The highest BCUT2D eigenvalue weighted by Crippen LogP contribution is 2.61. The monoisotopic (exact) mass is 244 g/mol. The number of allylic oxidation sites excluding steroid dienone is 2. The average molecular weight is 244 g/mol. The molecule has 100 valence electrons. The van der Waals surface area contributed by atoms with E-state index in [4.69, 9.17) is 0 Å². The van der Waals surface area contributed by atoms with Gasteiger partial charge < -0.3 is 0 Å². The molecule has 2 fully saturated rings. The van der Waals surface area contributed by atoms with Gasteiger partial charge >= 0.3 is 0 Å². The minimum Gasteiger partial charge on any atom is -0.0707 e. The third kappa shape index (κ3) is 1.57. The summed E-state index contributed by atoms with van der Waals surface area (Å²) >= 11 is 0. The van der Waals surface area contributed by atoms with E-state index in [0.29, 0.717) is 0 Å². The van der Waals surface area contributed by atoms with Crippen LogP contribution in [0, 0.1) is 23.2 Å². The van der Waals surface area contributed by atoms with Crippen LogP contribution in [0.4, 0.5) is 0 Å². The molecule has 0 bridgehead atoms. The maximum Gasteiger partial charge on any atom is -0.0169 e. The van der Waals surface area contributed by atoms with Gasteiger partial charge in [-0.3, -0.25) is 0 Å². The van der Waals surface area contributed by atoms with Crippen molar-refractivity contribution in [1.82, 2.24) is 0 Å². The quantitative estimate of drug-likeness (QED) is 0.495. The Morgan fingerprint density at radius 2 is 1.78 bits per heavy atom. The lowest BCUT2D eigenvalue weighted by Gasteiger charge is -2.50. The number of hydrogen-bond acceptors (Lipinski definition) is 0. The Labute approximate surface area is 112 Å². The van der Waals surface area contributed by atoms with Gasteiger partial charge in [-0.25, -0.2) is 0 Å². The zero-order valence-electron chi connectivity index (χ0n) is 12.0. The summed E-state index contributed by atoms with van der Waals surface area (Å²) in [5.41, 5.74) is 4.64. The molecule has 2 saturated carbocycles. The van der Waals surface area contributed by atoms with Crippen molar-refractivity contribution in [2.24, 2.45) is 23.2 Å². The Hall–Kier alpha value is -0.260.